The number of nitrogens with zero attached hydrogens (tertiary/aromatic N) is 2. The minimum Gasteiger partial charge on any atom is -0.478 e. The smallest absolute Gasteiger partial charge is 0.335 e. The lowest BCUT2D eigenvalue weighted by Crippen LogP contribution is -2.07. The fourth-order valence-electron chi connectivity index (χ4n) is 3.07. The molecule has 0 spiro atoms. The number of fused-ring (bicyclic) bond motifs is 1. The first-order valence-corrected chi connectivity index (χ1v) is 9.28. The Kier molecular flexibility index (Phi) is 4.23. The van der Waals surface area contributed by atoms with Crippen molar-refractivity contribution in [2.24, 2.45) is 0 Å². The molecule has 5 nitrogen and oxygen atoms in total. The number of carbonyl (C=O) groups is 1. The third kappa shape index (κ3) is 3.03. The van der Waals surface area contributed by atoms with Gasteiger partial charge in [-0.05, 0) is 55.7 Å². The van der Waals surface area contributed by atoms with Crippen molar-refractivity contribution in [2.45, 2.75) is 19.3 Å². The molecule has 0 amide bonds. The Labute approximate surface area is 153 Å². The molecule has 128 valence electrons. The van der Waals surface area contributed by atoms with E-state index in [0.717, 1.165) is 52.2 Å². The van der Waals surface area contributed by atoms with Gasteiger partial charge in [0.1, 0.15) is 11.5 Å². The second-order valence-corrected chi connectivity index (χ2v) is 7.64. The first kappa shape index (κ1) is 16.2. The Bertz CT molecular complexity index is 930. The van der Waals surface area contributed by atoms with Crippen LogP contribution in [0.25, 0.3) is 16.3 Å². The average molecular weight is 374 g/mol. The van der Waals surface area contributed by atoms with E-state index >= 15 is 0 Å². The minimum absolute atomic E-state index is 0.264. The molecule has 4 rings (SSSR count). The van der Waals surface area contributed by atoms with E-state index in [1.54, 1.807) is 24.3 Å². The highest BCUT2D eigenvalue weighted by molar-refractivity contribution is 7.19. The molecule has 0 unspecified atom stereocenters. The van der Waals surface area contributed by atoms with E-state index in [2.05, 4.69) is 5.32 Å². The molecule has 2 aromatic heterocycles. The molecule has 0 atom stereocenters. The summed E-state index contributed by atoms with van der Waals surface area (Å²) in [5, 5.41) is 17.4. The van der Waals surface area contributed by atoms with Gasteiger partial charge in [-0.3, -0.25) is 0 Å². The van der Waals surface area contributed by atoms with Gasteiger partial charge in [-0.15, -0.1) is 11.3 Å². The third-order valence-corrected chi connectivity index (χ3v) is 5.53. The van der Waals surface area contributed by atoms with Crippen molar-refractivity contribution in [3.8, 4) is 16.3 Å². The van der Waals surface area contributed by atoms with Crippen LogP contribution in [0.15, 0.2) is 36.4 Å². The van der Waals surface area contributed by atoms with Crippen molar-refractivity contribution in [1.29, 1.82) is 0 Å². The molecule has 3 aromatic rings. The van der Waals surface area contributed by atoms with E-state index < -0.39 is 5.97 Å². The SMILES string of the molecule is O=C(O)c1ccc(-n2nc(-c3ccc(Cl)s3)c3c2NCCCC3)cc1. The number of anilines is 1. The van der Waals surface area contributed by atoms with E-state index in [0.29, 0.717) is 0 Å². The average Bonchev–Trinajstić information content (AvgIpc) is 3.10. The van der Waals surface area contributed by atoms with Gasteiger partial charge >= 0.3 is 5.97 Å². The number of nitrogens with one attached hydrogen (secondary N) is 1. The largest absolute Gasteiger partial charge is 0.478 e. The van der Waals surface area contributed by atoms with Gasteiger partial charge in [0.05, 0.1) is 20.5 Å². The van der Waals surface area contributed by atoms with Crippen LogP contribution in [0.5, 0.6) is 0 Å². The minimum atomic E-state index is -0.933. The van der Waals surface area contributed by atoms with Gasteiger partial charge in [0.2, 0.25) is 0 Å². The summed E-state index contributed by atoms with van der Waals surface area (Å²) in [5.74, 6) is 0.0537. The summed E-state index contributed by atoms with van der Waals surface area (Å²) in [6.45, 7) is 0.899. The number of carboxylic acids is 1. The lowest BCUT2D eigenvalue weighted by Gasteiger charge is -2.09. The quantitative estimate of drug-likeness (QED) is 0.698. The van der Waals surface area contributed by atoms with Gasteiger partial charge in [-0.25, -0.2) is 9.48 Å². The molecule has 0 saturated carbocycles. The highest BCUT2D eigenvalue weighted by Gasteiger charge is 2.22. The van der Waals surface area contributed by atoms with E-state index in [4.69, 9.17) is 21.8 Å². The van der Waals surface area contributed by atoms with E-state index in [9.17, 15) is 4.79 Å². The Morgan fingerprint density at radius 3 is 2.68 bits per heavy atom. The van der Waals surface area contributed by atoms with Crippen LogP contribution >= 0.6 is 22.9 Å². The zero-order valence-corrected chi connectivity index (χ0v) is 14.9. The molecule has 1 aliphatic rings. The molecule has 1 aromatic carbocycles. The molecular formula is C18H16ClN3O2S. The molecule has 0 aliphatic carbocycles. The van der Waals surface area contributed by atoms with Gasteiger partial charge in [0, 0.05) is 12.1 Å². The van der Waals surface area contributed by atoms with Crippen LogP contribution in [-0.4, -0.2) is 27.4 Å². The van der Waals surface area contributed by atoms with Crippen molar-refractivity contribution in [3.05, 3.63) is 51.9 Å². The molecule has 25 heavy (non-hydrogen) atoms. The van der Waals surface area contributed by atoms with Crippen LogP contribution in [-0.2, 0) is 6.42 Å². The Hall–Kier alpha value is -2.31. The highest BCUT2D eigenvalue weighted by Crippen LogP contribution is 2.38. The molecule has 0 bridgehead atoms. The number of rotatable bonds is 3. The van der Waals surface area contributed by atoms with Gasteiger partial charge in [-0.2, -0.15) is 5.10 Å². The number of halogens is 1. The summed E-state index contributed by atoms with van der Waals surface area (Å²) in [4.78, 5) is 12.1. The molecular weight excluding hydrogens is 358 g/mol. The van der Waals surface area contributed by atoms with Crippen LogP contribution in [0.1, 0.15) is 28.8 Å². The number of hydrogen-bond acceptors (Lipinski definition) is 4. The van der Waals surface area contributed by atoms with Crippen LogP contribution in [0.2, 0.25) is 4.34 Å². The Balaban J connectivity index is 1.84. The number of aromatic carboxylic acids is 1. The summed E-state index contributed by atoms with van der Waals surface area (Å²) in [6, 6.07) is 10.7. The predicted octanol–water partition coefficient (Wildman–Crippen LogP) is 4.70. The van der Waals surface area contributed by atoms with Crippen LogP contribution in [0.4, 0.5) is 5.82 Å². The van der Waals surface area contributed by atoms with E-state index in [-0.39, 0.29) is 5.56 Å². The number of hydrogen-bond donors (Lipinski definition) is 2. The summed E-state index contributed by atoms with van der Waals surface area (Å²) in [7, 11) is 0. The molecule has 1 aliphatic heterocycles. The van der Waals surface area contributed by atoms with Crippen molar-refractivity contribution < 1.29 is 9.90 Å². The van der Waals surface area contributed by atoms with Gasteiger partial charge in [0.25, 0.3) is 0 Å². The van der Waals surface area contributed by atoms with Crippen molar-refractivity contribution in [3.63, 3.8) is 0 Å². The van der Waals surface area contributed by atoms with Crippen molar-refractivity contribution in [1.82, 2.24) is 9.78 Å². The van der Waals surface area contributed by atoms with Crippen molar-refractivity contribution in [2.75, 3.05) is 11.9 Å². The number of carboxylic acid groups (broad SMARTS) is 1. The lowest BCUT2D eigenvalue weighted by atomic mass is 10.1. The first-order chi connectivity index (χ1) is 12.1. The molecule has 3 heterocycles. The number of thiophene rings is 1. The number of aromatic nitrogens is 2. The van der Waals surface area contributed by atoms with Crippen LogP contribution in [0.3, 0.4) is 0 Å². The molecule has 2 N–H and O–H groups in total. The molecule has 0 radical (unpaired) electrons. The Morgan fingerprint density at radius 1 is 1.20 bits per heavy atom. The van der Waals surface area contributed by atoms with Crippen LogP contribution < -0.4 is 5.32 Å². The molecule has 0 saturated heterocycles. The maximum absolute atomic E-state index is 11.1. The molecule has 0 fully saturated rings. The maximum Gasteiger partial charge on any atom is 0.335 e. The van der Waals surface area contributed by atoms with E-state index in [1.165, 1.54) is 16.9 Å². The maximum atomic E-state index is 11.1. The summed E-state index contributed by atoms with van der Waals surface area (Å²) in [6.07, 6.45) is 3.17. The summed E-state index contributed by atoms with van der Waals surface area (Å²) >= 11 is 7.63. The van der Waals surface area contributed by atoms with E-state index in [1.807, 2.05) is 16.8 Å². The summed E-state index contributed by atoms with van der Waals surface area (Å²) in [5.41, 5.74) is 3.24. The predicted molar refractivity (Wildman–Crippen MR) is 100 cm³/mol. The Morgan fingerprint density at radius 2 is 2.00 bits per heavy atom. The highest BCUT2D eigenvalue weighted by atomic mass is 35.5. The number of benzene rings is 1. The monoisotopic (exact) mass is 373 g/mol. The van der Waals surface area contributed by atoms with Gasteiger partial charge in [-0.1, -0.05) is 11.6 Å². The summed E-state index contributed by atoms with van der Waals surface area (Å²) < 4.78 is 2.61. The van der Waals surface area contributed by atoms with Gasteiger partial charge in [0.15, 0.2) is 0 Å². The topological polar surface area (TPSA) is 67.1 Å². The third-order valence-electron chi connectivity index (χ3n) is 4.29. The standard InChI is InChI=1S/C18H16ClN3O2S/c19-15-9-8-14(25-15)16-13-3-1-2-10-20-17(13)22(21-16)12-6-4-11(5-7-12)18(23)24/h4-9,20H,1-3,10H2,(H,23,24). The lowest BCUT2D eigenvalue weighted by molar-refractivity contribution is 0.0697. The fourth-order valence-corrected chi connectivity index (χ4v) is 4.13. The second kappa shape index (κ2) is 6.54. The van der Waals surface area contributed by atoms with Crippen molar-refractivity contribution >= 4 is 34.7 Å². The normalized spacial score (nSPS) is 13.8. The first-order valence-electron chi connectivity index (χ1n) is 8.08. The van der Waals surface area contributed by atoms with Gasteiger partial charge < -0.3 is 10.4 Å². The zero-order valence-electron chi connectivity index (χ0n) is 13.3. The fraction of sp³-hybridized carbons (Fsp3) is 0.222. The second-order valence-electron chi connectivity index (χ2n) is 5.93. The van der Waals surface area contributed by atoms with Crippen LogP contribution in [0, 0.1) is 0 Å². The molecule has 7 heteroatoms. The zero-order chi connectivity index (χ0) is 17.4.